The van der Waals surface area contributed by atoms with Crippen LogP contribution in [0.15, 0.2) is 17.6 Å². The van der Waals surface area contributed by atoms with Crippen LogP contribution in [0.5, 0.6) is 0 Å². The van der Waals surface area contributed by atoms with E-state index in [1.54, 1.807) is 11.6 Å². The molecule has 1 saturated heterocycles. The Bertz CT molecular complexity index is 636. The predicted octanol–water partition coefficient (Wildman–Crippen LogP) is 0.0531. The van der Waals surface area contributed by atoms with Crippen LogP contribution in [0.25, 0.3) is 0 Å². The predicted molar refractivity (Wildman–Crippen MR) is 75.9 cm³/mol. The largest absolute Gasteiger partial charge is 0.341 e. The molecular formula is C13H20N4O3S. The number of carbonyl (C=O) groups is 1. The number of carbonyl (C=O) groups excluding carboxylic acids is 1. The first-order chi connectivity index (χ1) is 9.98. The van der Waals surface area contributed by atoms with Crippen molar-refractivity contribution in [2.24, 2.45) is 13.0 Å². The Morgan fingerprint density at radius 2 is 2.00 bits per heavy atom. The molecule has 1 saturated carbocycles. The average Bonchev–Trinajstić information content (AvgIpc) is 3.23. The van der Waals surface area contributed by atoms with Gasteiger partial charge in [0.15, 0.2) is 5.03 Å². The SMILES string of the molecule is Cn1cnc(S(=O)(=O)N2CCCN(C(=O)C3CC3)CC2)c1. The molecule has 1 aromatic rings. The van der Waals surface area contributed by atoms with Gasteiger partial charge in [0.2, 0.25) is 5.91 Å². The van der Waals surface area contributed by atoms with Gasteiger partial charge in [0.25, 0.3) is 10.0 Å². The fraction of sp³-hybridized carbons (Fsp3) is 0.692. The van der Waals surface area contributed by atoms with Crippen LogP contribution in [-0.2, 0) is 21.9 Å². The summed E-state index contributed by atoms with van der Waals surface area (Å²) < 4.78 is 28.1. The van der Waals surface area contributed by atoms with Crippen LogP contribution in [0.2, 0.25) is 0 Å². The Morgan fingerprint density at radius 3 is 2.62 bits per heavy atom. The maximum Gasteiger partial charge on any atom is 0.262 e. The van der Waals surface area contributed by atoms with E-state index in [0.29, 0.717) is 32.6 Å². The van der Waals surface area contributed by atoms with E-state index in [4.69, 9.17) is 0 Å². The highest BCUT2D eigenvalue weighted by atomic mass is 32.2. The smallest absolute Gasteiger partial charge is 0.262 e. The first-order valence-corrected chi connectivity index (χ1v) is 8.69. The monoisotopic (exact) mass is 312 g/mol. The van der Waals surface area contributed by atoms with Gasteiger partial charge >= 0.3 is 0 Å². The van der Waals surface area contributed by atoms with Gasteiger partial charge in [0.05, 0.1) is 6.33 Å². The average molecular weight is 312 g/mol. The van der Waals surface area contributed by atoms with Crippen LogP contribution in [0.4, 0.5) is 0 Å². The number of imidazole rings is 1. The number of sulfonamides is 1. The molecule has 7 nitrogen and oxygen atoms in total. The van der Waals surface area contributed by atoms with Crippen molar-refractivity contribution in [3.8, 4) is 0 Å². The number of aromatic nitrogens is 2. The van der Waals surface area contributed by atoms with E-state index in [0.717, 1.165) is 12.8 Å². The Morgan fingerprint density at radius 1 is 1.24 bits per heavy atom. The van der Waals surface area contributed by atoms with Gasteiger partial charge in [-0.3, -0.25) is 4.79 Å². The molecule has 0 bridgehead atoms. The van der Waals surface area contributed by atoms with E-state index < -0.39 is 10.0 Å². The summed E-state index contributed by atoms with van der Waals surface area (Å²) in [5, 5.41) is 0.0759. The summed E-state index contributed by atoms with van der Waals surface area (Å²) in [7, 11) is -1.81. The number of hydrogen-bond acceptors (Lipinski definition) is 4. The highest BCUT2D eigenvalue weighted by Gasteiger charge is 2.35. The highest BCUT2D eigenvalue weighted by molar-refractivity contribution is 7.89. The second-order valence-electron chi connectivity index (χ2n) is 5.73. The lowest BCUT2D eigenvalue weighted by atomic mass is 10.3. The van der Waals surface area contributed by atoms with Gasteiger partial charge in [-0.05, 0) is 19.3 Å². The van der Waals surface area contributed by atoms with E-state index in [9.17, 15) is 13.2 Å². The summed E-state index contributed by atoms with van der Waals surface area (Å²) in [4.78, 5) is 17.8. The molecule has 2 heterocycles. The lowest BCUT2D eigenvalue weighted by Gasteiger charge is -2.21. The van der Waals surface area contributed by atoms with Gasteiger partial charge in [-0.25, -0.2) is 13.4 Å². The Hall–Kier alpha value is -1.41. The molecule has 0 unspecified atom stereocenters. The fourth-order valence-electron chi connectivity index (χ4n) is 2.60. The standard InChI is InChI=1S/C13H20N4O3S/c1-15-9-12(14-10-15)21(19,20)17-6-2-5-16(7-8-17)13(18)11-3-4-11/h9-11H,2-8H2,1H3. The van der Waals surface area contributed by atoms with Gasteiger partial charge in [-0.1, -0.05) is 0 Å². The molecule has 0 N–H and O–H groups in total. The second kappa shape index (κ2) is 5.42. The molecule has 1 aliphatic carbocycles. The fourth-order valence-corrected chi connectivity index (χ4v) is 4.03. The van der Waals surface area contributed by atoms with Crippen molar-refractivity contribution in [2.75, 3.05) is 26.2 Å². The summed E-state index contributed by atoms with van der Waals surface area (Å²) in [6.45, 7) is 1.90. The third-order valence-corrected chi connectivity index (χ3v) is 5.76. The zero-order valence-corrected chi connectivity index (χ0v) is 12.9. The molecule has 2 fully saturated rings. The third kappa shape index (κ3) is 2.96. The molecule has 0 atom stereocenters. The first kappa shape index (κ1) is 14.5. The lowest BCUT2D eigenvalue weighted by Crippen LogP contribution is -2.38. The maximum absolute atomic E-state index is 12.5. The van der Waals surface area contributed by atoms with Gasteiger partial charge in [0, 0.05) is 45.3 Å². The molecule has 21 heavy (non-hydrogen) atoms. The van der Waals surface area contributed by atoms with E-state index in [1.165, 1.54) is 16.8 Å². The molecule has 8 heteroatoms. The minimum Gasteiger partial charge on any atom is -0.341 e. The molecule has 1 aliphatic heterocycles. The van der Waals surface area contributed by atoms with Crippen molar-refractivity contribution >= 4 is 15.9 Å². The second-order valence-corrected chi connectivity index (χ2v) is 7.62. The maximum atomic E-state index is 12.5. The molecule has 0 aromatic carbocycles. The van der Waals surface area contributed by atoms with Crippen molar-refractivity contribution in [2.45, 2.75) is 24.3 Å². The summed E-state index contributed by atoms with van der Waals surface area (Å²) in [5.41, 5.74) is 0. The summed E-state index contributed by atoms with van der Waals surface area (Å²) in [6.07, 6.45) is 5.61. The number of rotatable bonds is 3. The molecule has 0 spiro atoms. The van der Waals surface area contributed by atoms with Gasteiger partial charge in [0.1, 0.15) is 0 Å². The van der Waals surface area contributed by atoms with Crippen molar-refractivity contribution in [1.82, 2.24) is 18.8 Å². The molecule has 0 radical (unpaired) electrons. The van der Waals surface area contributed by atoms with E-state index in [2.05, 4.69) is 4.98 Å². The normalized spacial score (nSPS) is 21.3. The molecule has 3 rings (SSSR count). The number of aryl methyl sites for hydroxylation is 1. The topological polar surface area (TPSA) is 75.5 Å². The molecule has 1 aromatic heterocycles. The van der Waals surface area contributed by atoms with Gasteiger partial charge < -0.3 is 9.47 Å². The lowest BCUT2D eigenvalue weighted by molar-refractivity contribution is -0.132. The van der Waals surface area contributed by atoms with Crippen molar-refractivity contribution in [3.05, 3.63) is 12.5 Å². The van der Waals surface area contributed by atoms with Crippen LogP contribution in [0, 0.1) is 5.92 Å². The van der Waals surface area contributed by atoms with E-state index >= 15 is 0 Å². The zero-order valence-electron chi connectivity index (χ0n) is 12.1. The number of nitrogens with zero attached hydrogens (tertiary/aromatic N) is 4. The third-order valence-electron chi connectivity index (χ3n) is 3.98. The molecular weight excluding hydrogens is 292 g/mol. The zero-order chi connectivity index (χ0) is 15.0. The minimum absolute atomic E-state index is 0.0759. The van der Waals surface area contributed by atoms with Crippen molar-refractivity contribution in [1.29, 1.82) is 0 Å². The quantitative estimate of drug-likeness (QED) is 0.790. The minimum atomic E-state index is -3.55. The van der Waals surface area contributed by atoms with Crippen LogP contribution in [-0.4, -0.2) is 59.3 Å². The van der Waals surface area contributed by atoms with Crippen LogP contribution >= 0.6 is 0 Å². The Labute approximate surface area is 124 Å². The molecule has 1 amide bonds. The van der Waals surface area contributed by atoms with Crippen LogP contribution in [0.3, 0.4) is 0 Å². The van der Waals surface area contributed by atoms with Crippen LogP contribution in [0.1, 0.15) is 19.3 Å². The van der Waals surface area contributed by atoms with E-state index in [1.807, 2.05) is 4.90 Å². The van der Waals surface area contributed by atoms with Crippen LogP contribution < -0.4 is 0 Å². The summed E-state index contributed by atoms with van der Waals surface area (Å²) in [5.74, 6) is 0.371. The Balaban J connectivity index is 1.70. The first-order valence-electron chi connectivity index (χ1n) is 7.25. The van der Waals surface area contributed by atoms with Gasteiger partial charge in [-0.15, -0.1) is 0 Å². The van der Waals surface area contributed by atoms with E-state index in [-0.39, 0.29) is 16.9 Å². The highest BCUT2D eigenvalue weighted by Crippen LogP contribution is 2.31. The molecule has 116 valence electrons. The van der Waals surface area contributed by atoms with Gasteiger partial charge in [-0.2, -0.15) is 4.31 Å². The number of hydrogen-bond donors (Lipinski definition) is 0. The molecule has 2 aliphatic rings. The number of amides is 1. The summed E-state index contributed by atoms with van der Waals surface area (Å²) in [6, 6.07) is 0. The Kier molecular flexibility index (Phi) is 3.75. The summed E-state index contributed by atoms with van der Waals surface area (Å²) >= 11 is 0. The van der Waals surface area contributed by atoms with Crippen molar-refractivity contribution < 1.29 is 13.2 Å². The van der Waals surface area contributed by atoms with Crippen molar-refractivity contribution in [3.63, 3.8) is 0 Å².